The molecule has 0 bridgehead atoms. The largest absolute Gasteiger partial charge is 0.491 e. The van der Waals surface area contributed by atoms with Crippen LogP contribution in [0.2, 0.25) is 10.3 Å². The van der Waals surface area contributed by atoms with E-state index in [1.54, 1.807) is 12.5 Å². The van der Waals surface area contributed by atoms with E-state index in [2.05, 4.69) is 19.9 Å². The second kappa shape index (κ2) is 9.13. The van der Waals surface area contributed by atoms with E-state index in [4.69, 9.17) is 32.7 Å². The van der Waals surface area contributed by atoms with Crippen LogP contribution in [0.15, 0.2) is 47.7 Å². The van der Waals surface area contributed by atoms with Crippen molar-refractivity contribution < 1.29 is 9.47 Å². The summed E-state index contributed by atoms with van der Waals surface area (Å²) >= 11 is 12.2. The number of aromatic nitrogens is 4. The first-order valence-electron chi connectivity index (χ1n) is 10.5. The molecule has 4 aromatic rings. The molecule has 2 atom stereocenters. The lowest BCUT2D eigenvalue weighted by Gasteiger charge is -2.16. The van der Waals surface area contributed by atoms with Gasteiger partial charge in [-0.15, -0.1) is 0 Å². The van der Waals surface area contributed by atoms with Gasteiger partial charge < -0.3 is 18.9 Å². The van der Waals surface area contributed by atoms with Crippen LogP contribution in [0.4, 0.5) is 5.82 Å². The van der Waals surface area contributed by atoms with Crippen LogP contribution in [0.5, 0.6) is 5.75 Å². The Balaban J connectivity index is 1.29. The molecule has 0 radical (unpaired) electrons. The highest BCUT2D eigenvalue weighted by atomic mass is 35.5. The van der Waals surface area contributed by atoms with Crippen LogP contribution in [0.1, 0.15) is 19.1 Å². The molecular formula is C23H22Cl2N6O2. The monoisotopic (exact) mass is 484 g/mol. The minimum absolute atomic E-state index is 0.0372. The second-order valence-corrected chi connectivity index (χ2v) is 8.87. The van der Waals surface area contributed by atoms with Gasteiger partial charge in [0, 0.05) is 37.9 Å². The summed E-state index contributed by atoms with van der Waals surface area (Å²) in [6, 6.07) is 9.60. The number of aliphatic imine (C=N–C) groups is 1. The standard InChI is InChI=1S/C23H22Cl2N6O2/c1-30(2)13-27-21-18-7-8-31(22(18)29-23(25)28-21)20-6-5-17(33-20)12-32-16-4-3-14-9-15(24)11-26-19(14)10-16/h3-4,7-11,13,17,20H,5-6,12H2,1-2H3/b27-13+/t17-,20+/m0/s1. The molecule has 10 heteroatoms. The lowest BCUT2D eigenvalue weighted by molar-refractivity contribution is -0.0156. The van der Waals surface area contributed by atoms with E-state index in [0.29, 0.717) is 23.1 Å². The fourth-order valence-electron chi connectivity index (χ4n) is 3.86. The minimum atomic E-state index is -0.159. The molecule has 0 saturated carbocycles. The number of hydrogen-bond acceptors (Lipinski definition) is 6. The Kier molecular flexibility index (Phi) is 6.05. The second-order valence-electron chi connectivity index (χ2n) is 8.09. The summed E-state index contributed by atoms with van der Waals surface area (Å²) in [6.07, 6.45) is 6.78. The van der Waals surface area contributed by atoms with E-state index >= 15 is 0 Å². The summed E-state index contributed by atoms with van der Waals surface area (Å²) < 4.78 is 14.3. The maximum Gasteiger partial charge on any atom is 0.226 e. The molecule has 3 aromatic heterocycles. The molecule has 1 saturated heterocycles. The highest BCUT2D eigenvalue weighted by Gasteiger charge is 2.28. The van der Waals surface area contributed by atoms with E-state index in [1.807, 2.05) is 60.1 Å². The van der Waals surface area contributed by atoms with Crippen molar-refractivity contribution in [3.05, 3.63) is 53.0 Å². The van der Waals surface area contributed by atoms with Crippen molar-refractivity contribution in [1.82, 2.24) is 24.4 Å². The maximum absolute atomic E-state index is 6.27. The Hall–Kier alpha value is -2.94. The third-order valence-corrected chi connectivity index (χ3v) is 5.76. The van der Waals surface area contributed by atoms with Crippen LogP contribution in [-0.4, -0.2) is 57.6 Å². The number of benzene rings is 1. The molecule has 4 heterocycles. The van der Waals surface area contributed by atoms with Gasteiger partial charge >= 0.3 is 0 Å². The van der Waals surface area contributed by atoms with Crippen molar-refractivity contribution in [2.45, 2.75) is 25.2 Å². The quantitative estimate of drug-likeness (QED) is 0.211. The van der Waals surface area contributed by atoms with Gasteiger partial charge in [-0.2, -0.15) is 9.97 Å². The Morgan fingerprint density at radius 1 is 1.21 bits per heavy atom. The maximum atomic E-state index is 6.27. The average molecular weight is 485 g/mol. The van der Waals surface area contributed by atoms with Crippen LogP contribution in [0.3, 0.4) is 0 Å². The van der Waals surface area contributed by atoms with Crippen LogP contribution in [0.25, 0.3) is 21.9 Å². The molecule has 0 N–H and O–H groups in total. The molecule has 1 fully saturated rings. The summed E-state index contributed by atoms with van der Waals surface area (Å²) in [5.74, 6) is 1.28. The zero-order valence-corrected chi connectivity index (χ0v) is 19.7. The predicted molar refractivity (Wildman–Crippen MR) is 130 cm³/mol. The van der Waals surface area contributed by atoms with Crippen molar-refractivity contribution in [3.63, 3.8) is 0 Å². The first-order chi connectivity index (χ1) is 16.0. The van der Waals surface area contributed by atoms with Crippen molar-refractivity contribution in [3.8, 4) is 5.75 Å². The molecule has 0 amide bonds. The first-order valence-corrected chi connectivity index (χ1v) is 11.3. The van der Waals surface area contributed by atoms with E-state index < -0.39 is 0 Å². The average Bonchev–Trinajstić information content (AvgIpc) is 3.42. The van der Waals surface area contributed by atoms with E-state index in [1.165, 1.54) is 0 Å². The third-order valence-electron chi connectivity index (χ3n) is 5.39. The molecule has 0 aliphatic carbocycles. The van der Waals surface area contributed by atoms with Crippen molar-refractivity contribution in [2.24, 2.45) is 4.99 Å². The molecule has 0 spiro atoms. The fraction of sp³-hybridized carbons (Fsp3) is 0.304. The molecule has 33 heavy (non-hydrogen) atoms. The van der Waals surface area contributed by atoms with Gasteiger partial charge in [-0.05, 0) is 48.7 Å². The molecule has 0 unspecified atom stereocenters. The molecule has 170 valence electrons. The van der Waals surface area contributed by atoms with Crippen LogP contribution in [-0.2, 0) is 4.74 Å². The van der Waals surface area contributed by atoms with E-state index in [-0.39, 0.29) is 17.6 Å². The van der Waals surface area contributed by atoms with Gasteiger partial charge in [-0.3, -0.25) is 4.98 Å². The first kappa shape index (κ1) is 21.9. The summed E-state index contributed by atoms with van der Waals surface area (Å²) in [5.41, 5.74) is 1.54. The number of ether oxygens (including phenoxy) is 2. The Morgan fingerprint density at radius 3 is 2.94 bits per heavy atom. The van der Waals surface area contributed by atoms with Gasteiger partial charge in [0.15, 0.2) is 5.82 Å². The molecule has 5 rings (SSSR count). The number of pyridine rings is 1. The Morgan fingerprint density at radius 2 is 2.09 bits per heavy atom. The minimum Gasteiger partial charge on any atom is -0.491 e. The van der Waals surface area contributed by atoms with Gasteiger partial charge in [-0.25, -0.2) is 4.99 Å². The van der Waals surface area contributed by atoms with Crippen molar-refractivity contribution in [1.29, 1.82) is 0 Å². The topological polar surface area (TPSA) is 77.7 Å². The fourth-order valence-corrected chi connectivity index (χ4v) is 4.19. The third kappa shape index (κ3) is 4.73. The van der Waals surface area contributed by atoms with Gasteiger partial charge in [0.2, 0.25) is 5.28 Å². The molecule has 8 nitrogen and oxygen atoms in total. The zero-order valence-electron chi connectivity index (χ0n) is 18.2. The zero-order chi connectivity index (χ0) is 22.9. The van der Waals surface area contributed by atoms with E-state index in [9.17, 15) is 0 Å². The van der Waals surface area contributed by atoms with Gasteiger partial charge in [0.05, 0.1) is 28.4 Å². The predicted octanol–water partition coefficient (Wildman–Crippen LogP) is 5.26. The van der Waals surface area contributed by atoms with Crippen LogP contribution >= 0.6 is 23.2 Å². The van der Waals surface area contributed by atoms with Gasteiger partial charge in [0.1, 0.15) is 24.2 Å². The summed E-state index contributed by atoms with van der Waals surface area (Å²) in [5, 5.41) is 2.56. The number of fused-ring (bicyclic) bond motifs is 2. The van der Waals surface area contributed by atoms with Crippen LogP contribution in [0, 0.1) is 0 Å². The van der Waals surface area contributed by atoms with Crippen molar-refractivity contribution >= 4 is 57.3 Å². The lowest BCUT2D eigenvalue weighted by Crippen LogP contribution is -2.18. The summed E-state index contributed by atoms with van der Waals surface area (Å²) in [7, 11) is 3.79. The summed E-state index contributed by atoms with van der Waals surface area (Å²) in [6.45, 7) is 0.447. The molecular weight excluding hydrogens is 463 g/mol. The number of nitrogens with zero attached hydrogens (tertiary/aromatic N) is 6. The molecule has 1 aromatic carbocycles. The number of halogens is 2. The van der Waals surface area contributed by atoms with Crippen molar-refractivity contribution in [2.75, 3.05) is 20.7 Å². The summed E-state index contributed by atoms with van der Waals surface area (Å²) in [4.78, 5) is 19.3. The lowest BCUT2D eigenvalue weighted by atomic mass is 10.2. The number of rotatable bonds is 6. The molecule has 1 aliphatic rings. The Bertz CT molecular complexity index is 1340. The number of hydrogen-bond donors (Lipinski definition) is 0. The van der Waals surface area contributed by atoms with Gasteiger partial charge in [0.25, 0.3) is 0 Å². The van der Waals surface area contributed by atoms with E-state index in [0.717, 1.165) is 34.9 Å². The molecule has 1 aliphatic heterocycles. The smallest absolute Gasteiger partial charge is 0.226 e. The SMILES string of the molecule is CN(C)/C=N/c1nc(Cl)nc2c1ccn2[C@H]1CC[C@@H](COc2ccc3cc(Cl)cnc3c2)O1. The Labute approximate surface area is 200 Å². The highest BCUT2D eigenvalue weighted by Crippen LogP contribution is 2.34. The van der Waals surface area contributed by atoms with Crippen LogP contribution < -0.4 is 4.74 Å². The van der Waals surface area contributed by atoms with Gasteiger partial charge in [-0.1, -0.05) is 11.6 Å². The highest BCUT2D eigenvalue weighted by molar-refractivity contribution is 6.31. The normalized spacial score (nSPS) is 18.5.